The summed E-state index contributed by atoms with van der Waals surface area (Å²) in [5.74, 6) is 0.787. The first-order chi connectivity index (χ1) is 5.81. The summed E-state index contributed by atoms with van der Waals surface area (Å²) in [6.07, 6.45) is 0. The normalized spacial score (nSPS) is 10.8. The molecular formula is C9H7ClS2. The molecule has 0 unspecified atom stereocenters. The Hall–Kier alpha value is -0.180. The van der Waals surface area contributed by atoms with E-state index in [0.29, 0.717) is 0 Å². The number of rotatable bonds is 1. The van der Waals surface area contributed by atoms with Crippen molar-refractivity contribution in [1.82, 2.24) is 0 Å². The van der Waals surface area contributed by atoms with Gasteiger partial charge in [0.1, 0.15) is 0 Å². The van der Waals surface area contributed by atoms with Crippen molar-refractivity contribution in [2.75, 3.05) is 0 Å². The Balaban J connectivity index is 2.74. The lowest BCUT2D eigenvalue weighted by molar-refractivity contribution is 1.58. The number of halogens is 1. The highest BCUT2D eigenvalue weighted by atomic mass is 35.5. The minimum absolute atomic E-state index is 0.787. The summed E-state index contributed by atoms with van der Waals surface area (Å²) >= 11 is 12.0. The van der Waals surface area contributed by atoms with E-state index in [9.17, 15) is 0 Å². The molecule has 0 fully saturated rings. The lowest BCUT2D eigenvalue weighted by atomic mass is 10.2. The van der Waals surface area contributed by atoms with Crippen LogP contribution >= 0.6 is 35.6 Å². The molecule has 0 aliphatic carbocycles. The van der Waals surface area contributed by atoms with Crippen LogP contribution < -0.4 is 0 Å². The maximum atomic E-state index is 6.01. The molecule has 12 heavy (non-hydrogen) atoms. The maximum absolute atomic E-state index is 6.01. The second-order valence-electron chi connectivity index (χ2n) is 2.53. The molecule has 0 aliphatic heterocycles. The van der Waals surface area contributed by atoms with Crippen LogP contribution in [0, 0.1) is 0 Å². The van der Waals surface area contributed by atoms with Crippen LogP contribution in [0.1, 0.15) is 4.88 Å². The molecule has 0 atom stereocenters. The van der Waals surface area contributed by atoms with Crippen LogP contribution in [0.3, 0.4) is 0 Å². The molecule has 0 saturated heterocycles. The SMILES string of the molecule is SCc1cc2cccc(Cl)c2s1. The fraction of sp³-hybridized carbons (Fsp3) is 0.111. The summed E-state index contributed by atoms with van der Waals surface area (Å²) in [5.41, 5.74) is 0. The minimum atomic E-state index is 0.787. The van der Waals surface area contributed by atoms with Crippen LogP contribution in [-0.2, 0) is 5.75 Å². The Labute approximate surface area is 85.6 Å². The van der Waals surface area contributed by atoms with E-state index in [-0.39, 0.29) is 0 Å². The molecule has 0 radical (unpaired) electrons. The molecule has 62 valence electrons. The number of thiophene rings is 1. The van der Waals surface area contributed by atoms with Gasteiger partial charge in [0.25, 0.3) is 0 Å². The van der Waals surface area contributed by atoms with Gasteiger partial charge in [0.15, 0.2) is 0 Å². The smallest absolute Gasteiger partial charge is 0.0584 e. The Kier molecular flexibility index (Phi) is 2.31. The van der Waals surface area contributed by atoms with Gasteiger partial charge in [-0.2, -0.15) is 12.6 Å². The first-order valence-electron chi connectivity index (χ1n) is 3.59. The minimum Gasteiger partial charge on any atom is -0.174 e. The van der Waals surface area contributed by atoms with Crippen molar-refractivity contribution in [2.45, 2.75) is 5.75 Å². The van der Waals surface area contributed by atoms with Crippen molar-refractivity contribution in [3.8, 4) is 0 Å². The summed E-state index contributed by atoms with van der Waals surface area (Å²) < 4.78 is 1.17. The van der Waals surface area contributed by atoms with Crippen molar-refractivity contribution in [3.05, 3.63) is 34.2 Å². The monoisotopic (exact) mass is 214 g/mol. The molecule has 1 heterocycles. The predicted molar refractivity (Wildman–Crippen MR) is 59.5 cm³/mol. The van der Waals surface area contributed by atoms with E-state index in [4.69, 9.17) is 11.6 Å². The molecule has 2 aromatic rings. The van der Waals surface area contributed by atoms with Gasteiger partial charge in [0.05, 0.1) is 9.72 Å². The van der Waals surface area contributed by atoms with E-state index in [1.165, 1.54) is 15.0 Å². The predicted octanol–water partition coefficient (Wildman–Crippen LogP) is 3.98. The number of hydrogen-bond acceptors (Lipinski definition) is 2. The van der Waals surface area contributed by atoms with E-state index in [1.807, 2.05) is 12.1 Å². The molecule has 3 heteroatoms. The molecule has 0 saturated carbocycles. The van der Waals surface area contributed by atoms with Gasteiger partial charge in [-0.25, -0.2) is 0 Å². The van der Waals surface area contributed by atoms with E-state index < -0.39 is 0 Å². The number of fused-ring (bicyclic) bond motifs is 1. The molecule has 2 rings (SSSR count). The highest BCUT2D eigenvalue weighted by Crippen LogP contribution is 2.32. The third-order valence-electron chi connectivity index (χ3n) is 1.70. The van der Waals surface area contributed by atoms with Gasteiger partial charge in [-0.1, -0.05) is 23.7 Å². The third-order valence-corrected chi connectivity index (χ3v) is 3.87. The molecule has 0 N–H and O–H groups in total. The van der Waals surface area contributed by atoms with E-state index in [0.717, 1.165) is 10.8 Å². The number of benzene rings is 1. The lowest BCUT2D eigenvalue weighted by Crippen LogP contribution is -1.62. The Morgan fingerprint density at radius 2 is 2.25 bits per heavy atom. The first-order valence-corrected chi connectivity index (χ1v) is 5.42. The van der Waals surface area contributed by atoms with Gasteiger partial charge < -0.3 is 0 Å². The van der Waals surface area contributed by atoms with Crippen LogP contribution in [0.15, 0.2) is 24.3 Å². The van der Waals surface area contributed by atoms with Crippen molar-refractivity contribution in [2.24, 2.45) is 0 Å². The topological polar surface area (TPSA) is 0 Å². The summed E-state index contributed by atoms with van der Waals surface area (Å²) in [6.45, 7) is 0. The van der Waals surface area contributed by atoms with Crippen LogP contribution in [0.2, 0.25) is 5.02 Å². The Morgan fingerprint density at radius 1 is 1.42 bits per heavy atom. The maximum Gasteiger partial charge on any atom is 0.0584 e. The molecule has 0 aliphatic rings. The molecule has 0 spiro atoms. The van der Waals surface area contributed by atoms with Crippen molar-refractivity contribution < 1.29 is 0 Å². The highest BCUT2D eigenvalue weighted by molar-refractivity contribution is 7.79. The summed E-state index contributed by atoms with van der Waals surface area (Å²) in [6, 6.07) is 8.10. The zero-order chi connectivity index (χ0) is 8.55. The van der Waals surface area contributed by atoms with Crippen LogP contribution in [0.25, 0.3) is 10.1 Å². The largest absolute Gasteiger partial charge is 0.174 e. The lowest BCUT2D eigenvalue weighted by Gasteiger charge is -1.89. The standard InChI is InChI=1S/C9H7ClS2/c10-8-3-1-2-6-4-7(5-11)12-9(6)8/h1-4,11H,5H2. The van der Waals surface area contributed by atoms with Crippen molar-refractivity contribution >= 4 is 45.7 Å². The van der Waals surface area contributed by atoms with Crippen molar-refractivity contribution in [1.29, 1.82) is 0 Å². The Bertz CT molecular complexity index is 406. The third kappa shape index (κ3) is 1.35. The van der Waals surface area contributed by atoms with Crippen LogP contribution in [0.4, 0.5) is 0 Å². The van der Waals surface area contributed by atoms with Crippen molar-refractivity contribution in [3.63, 3.8) is 0 Å². The molecule has 1 aromatic heterocycles. The summed E-state index contributed by atoms with van der Waals surface area (Å²) in [7, 11) is 0. The number of thiol groups is 1. The van der Waals surface area contributed by atoms with Crippen LogP contribution in [-0.4, -0.2) is 0 Å². The molecule has 0 amide bonds. The molecule has 0 nitrogen and oxygen atoms in total. The highest BCUT2D eigenvalue weighted by Gasteiger charge is 2.02. The van der Waals surface area contributed by atoms with E-state index in [1.54, 1.807) is 11.3 Å². The van der Waals surface area contributed by atoms with Gasteiger partial charge in [0, 0.05) is 10.6 Å². The zero-order valence-electron chi connectivity index (χ0n) is 6.25. The Morgan fingerprint density at radius 3 is 2.92 bits per heavy atom. The summed E-state index contributed by atoms with van der Waals surface area (Å²) in [4.78, 5) is 1.27. The first kappa shape index (κ1) is 8.42. The molecular weight excluding hydrogens is 208 g/mol. The summed E-state index contributed by atoms with van der Waals surface area (Å²) in [5, 5.41) is 2.06. The second kappa shape index (κ2) is 3.29. The van der Waals surface area contributed by atoms with Gasteiger partial charge >= 0.3 is 0 Å². The molecule has 1 aromatic carbocycles. The van der Waals surface area contributed by atoms with Gasteiger partial charge in [-0.05, 0) is 17.5 Å². The average Bonchev–Trinajstić information content (AvgIpc) is 2.49. The van der Waals surface area contributed by atoms with E-state index in [2.05, 4.69) is 24.8 Å². The second-order valence-corrected chi connectivity index (χ2v) is 4.39. The van der Waals surface area contributed by atoms with Crippen LogP contribution in [0.5, 0.6) is 0 Å². The zero-order valence-corrected chi connectivity index (χ0v) is 8.72. The molecule has 0 bridgehead atoms. The van der Waals surface area contributed by atoms with E-state index >= 15 is 0 Å². The quantitative estimate of drug-likeness (QED) is 0.682. The van der Waals surface area contributed by atoms with Gasteiger partial charge in [-0.15, -0.1) is 11.3 Å². The van der Waals surface area contributed by atoms with Gasteiger partial charge in [0.2, 0.25) is 0 Å². The average molecular weight is 215 g/mol. The fourth-order valence-electron chi connectivity index (χ4n) is 1.16. The fourth-order valence-corrected chi connectivity index (χ4v) is 2.66. The van der Waals surface area contributed by atoms with Gasteiger partial charge in [-0.3, -0.25) is 0 Å². The number of hydrogen-bond donors (Lipinski definition) is 1.